The standard InChI is InChI=1S/C19H26N4O4/c1-3-20-19(26)16-10-14(21-13(2)24)11-22(16)12-18(25)23-8-9-27-17-7-5-4-6-15(17)23/h4-7,14,16H,3,8-12H2,1-2H3,(H,20,26)(H,21,24). The van der Waals surface area contributed by atoms with E-state index in [0.29, 0.717) is 38.4 Å². The lowest BCUT2D eigenvalue weighted by atomic mass is 10.1. The van der Waals surface area contributed by atoms with Crippen LogP contribution in [-0.2, 0) is 14.4 Å². The molecule has 2 aliphatic rings. The van der Waals surface area contributed by atoms with Crippen molar-refractivity contribution in [1.29, 1.82) is 0 Å². The number of hydrogen-bond donors (Lipinski definition) is 2. The second-order valence-electron chi connectivity index (χ2n) is 6.83. The summed E-state index contributed by atoms with van der Waals surface area (Å²) in [6, 6.07) is 6.87. The zero-order chi connectivity index (χ0) is 19.4. The molecule has 1 aromatic rings. The number of carbonyl (C=O) groups is 3. The molecule has 146 valence electrons. The molecule has 1 saturated heterocycles. The number of carbonyl (C=O) groups excluding carboxylic acids is 3. The molecule has 27 heavy (non-hydrogen) atoms. The largest absolute Gasteiger partial charge is 0.490 e. The van der Waals surface area contributed by atoms with Crippen LogP contribution in [0.2, 0.25) is 0 Å². The Bertz CT molecular complexity index is 723. The van der Waals surface area contributed by atoms with E-state index in [2.05, 4.69) is 10.6 Å². The minimum Gasteiger partial charge on any atom is -0.490 e. The van der Waals surface area contributed by atoms with Crippen molar-refractivity contribution < 1.29 is 19.1 Å². The first-order valence-corrected chi connectivity index (χ1v) is 9.30. The molecule has 2 aliphatic heterocycles. The van der Waals surface area contributed by atoms with Crippen molar-refractivity contribution in [1.82, 2.24) is 15.5 Å². The van der Waals surface area contributed by atoms with E-state index in [1.807, 2.05) is 36.1 Å². The lowest BCUT2D eigenvalue weighted by Gasteiger charge is -2.31. The smallest absolute Gasteiger partial charge is 0.241 e. The average Bonchev–Trinajstić information content (AvgIpc) is 3.03. The summed E-state index contributed by atoms with van der Waals surface area (Å²) in [5, 5.41) is 5.68. The molecule has 2 atom stereocenters. The van der Waals surface area contributed by atoms with E-state index in [-0.39, 0.29) is 30.3 Å². The topological polar surface area (TPSA) is 91.0 Å². The SMILES string of the molecule is CCNC(=O)C1CC(NC(C)=O)CN1CC(=O)N1CCOc2ccccc21. The highest BCUT2D eigenvalue weighted by Gasteiger charge is 2.39. The number of nitrogens with zero attached hydrogens (tertiary/aromatic N) is 2. The van der Waals surface area contributed by atoms with Crippen LogP contribution < -0.4 is 20.3 Å². The van der Waals surface area contributed by atoms with Crippen LogP contribution in [-0.4, -0.2) is 67.5 Å². The van der Waals surface area contributed by atoms with E-state index >= 15 is 0 Å². The van der Waals surface area contributed by atoms with Crippen LogP contribution in [0.25, 0.3) is 0 Å². The Labute approximate surface area is 158 Å². The van der Waals surface area contributed by atoms with Crippen LogP contribution in [0.5, 0.6) is 5.75 Å². The molecule has 2 unspecified atom stereocenters. The maximum Gasteiger partial charge on any atom is 0.241 e. The Kier molecular flexibility index (Phi) is 5.95. The highest BCUT2D eigenvalue weighted by atomic mass is 16.5. The van der Waals surface area contributed by atoms with Crippen LogP contribution in [0.15, 0.2) is 24.3 Å². The van der Waals surface area contributed by atoms with E-state index in [0.717, 1.165) is 5.69 Å². The van der Waals surface area contributed by atoms with Gasteiger partial charge in [-0.05, 0) is 25.5 Å². The third kappa shape index (κ3) is 4.39. The zero-order valence-corrected chi connectivity index (χ0v) is 15.7. The first kappa shape index (κ1) is 19.2. The van der Waals surface area contributed by atoms with Gasteiger partial charge in [-0.2, -0.15) is 0 Å². The van der Waals surface area contributed by atoms with Crippen LogP contribution in [0.4, 0.5) is 5.69 Å². The number of likely N-dealkylation sites (N-methyl/N-ethyl adjacent to an activating group) is 1. The third-order valence-electron chi connectivity index (χ3n) is 4.83. The number of likely N-dealkylation sites (tertiary alicyclic amines) is 1. The molecule has 0 saturated carbocycles. The normalized spacial score (nSPS) is 21.9. The van der Waals surface area contributed by atoms with Gasteiger partial charge in [-0.25, -0.2) is 0 Å². The molecule has 0 spiro atoms. The maximum atomic E-state index is 13.0. The number of benzene rings is 1. The monoisotopic (exact) mass is 374 g/mol. The molecule has 8 heteroatoms. The minimum absolute atomic E-state index is 0.0801. The van der Waals surface area contributed by atoms with Crippen LogP contribution in [0, 0.1) is 0 Å². The summed E-state index contributed by atoms with van der Waals surface area (Å²) in [5.74, 6) is 0.365. The van der Waals surface area contributed by atoms with Crippen LogP contribution >= 0.6 is 0 Å². The molecule has 0 radical (unpaired) electrons. The van der Waals surface area contributed by atoms with Crippen molar-refractivity contribution in [3.05, 3.63) is 24.3 Å². The summed E-state index contributed by atoms with van der Waals surface area (Å²) in [4.78, 5) is 40.4. The lowest BCUT2D eigenvalue weighted by Crippen LogP contribution is -2.49. The van der Waals surface area contributed by atoms with Gasteiger partial charge in [0.1, 0.15) is 12.4 Å². The first-order valence-electron chi connectivity index (χ1n) is 9.30. The fraction of sp³-hybridized carbons (Fsp3) is 0.526. The fourth-order valence-corrected chi connectivity index (χ4v) is 3.72. The highest BCUT2D eigenvalue weighted by Crippen LogP contribution is 2.31. The number of ether oxygens (including phenoxy) is 1. The molecule has 2 heterocycles. The Balaban J connectivity index is 1.73. The van der Waals surface area contributed by atoms with Gasteiger partial charge in [-0.1, -0.05) is 12.1 Å². The molecule has 0 aromatic heterocycles. The second kappa shape index (κ2) is 8.39. The van der Waals surface area contributed by atoms with Gasteiger partial charge in [0.2, 0.25) is 17.7 Å². The summed E-state index contributed by atoms with van der Waals surface area (Å²) >= 11 is 0. The Morgan fingerprint density at radius 2 is 2.04 bits per heavy atom. The van der Waals surface area contributed by atoms with Gasteiger partial charge >= 0.3 is 0 Å². The van der Waals surface area contributed by atoms with E-state index < -0.39 is 6.04 Å². The van der Waals surface area contributed by atoms with Crippen molar-refractivity contribution >= 4 is 23.4 Å². The third-order valence-corrected chi connectivity index (χ3v) is 4.83. The van der Waals surface area contributed by atoms with Gasteiger partial charge in [0.15, 0.2) is 0 Å². The number of fused-ring (bicyclic) bond motifs is 1. The van der Waals surface area contributed by atoms with Gasteiger partial charge in [-0.3, -0.25) is 19.3 Å². The number of nitrogens with one attached hydrogen (secondary N) is 2. The maximum absolute atomic E-state index is 13.0. The van der Waals surface area contributed by atoms with Crippen molar-refractivity contribution in [2.24, 2.45) is 0 Å². The summed E-state index contributed by atoms with van der Waals surface area (Å²) in [5.41, 5.74) is 0.751. The van der Waals surface area contributed by atoms with Crippen LogP contribution in [0.3, 0.4) is 0 Å². The van der Waals surface area contributed by atoms with E-state index in [1.165, 1.54) is 6.92 Å². The Morgan fingerprint density at radius 3 is 2.78 bits per heavy atom. The number of hydrogen-bond acceptors (Lipinski definition) is 5. The molecule has 3 amide bonds. The molecule has 2 N–H and O–H groups in total. The highest BCUT2D eigenvalue weighted by molar-refractivity contribution is 5.97. The first-order chi connectivity index (χ1) is 13.0. The van der Waals surface area contributed by atoms with Crippen molar-refractivity contribution in [2.45, 2.75) is 32.4 Å². The molecule has 0 bridgehead atoms. The molecule has 3 rings (SSSR count). The van der Waals surface area contributed by atoms with Crippen molar-refractivity contribution in [2.75, 3.05) is 37.7 Å². The van der Waals surface area contributed by atoms with E-state index in [9.17, 15) is 14.4 Å². The quantitative estimate of drug-likeness (QED) is 0.764. The van der Waals surface area contributed by atoms with Gasteiger partial charge in [-0.15, -0.1) is 0 Å². The fourth-order valence-electron chi connectivity index (χ4n) is 3.72. The predicted octanol–water partition coefficient (Wildman–Crippen LogP) is 0.127. The number of para-hydroxylation sites is 2. The molecule has 8 nitrogen and oxygen atoms in total. The average molecular weight is 374 g/mol. The molecule has 0 aliphatic carbocycles. The number of anilines is 1. The zero-order valence-electron chi connectivity index (χ0n) is 15.7. The second-order valence-corrected chi connectivity index (χ2v) is 6.83. The molecule has 1 fully saturated rings. The Hall–Kier alpha value is -2.61. The van der Waals surface area contributed by atoms with Crippen molar-refractivity contribution in [3.8, 4) is 5.75 Å². The van der Waals surface area contributed by atoms with E-state index in [1.54, 1.807) is 4.90 Å². The summed E-state index contributed by atoms with van der Waals surface area (Å²) < 4.78 is 5.61. The number of amides is 3. The molecule has 1 aromatic carbocycles. The van der Waals surface area contributed by atoms with E-state index in [4.69, 9.17) is 4.74 Å². The predicted molar refractivity (Wildman–Crippen MR) is 101 cm³/mol. The number of rotatable bonds is 5. The van der Waals surface area contributed by atoms with Gasteiger partial charge in [0.05, 0.1) is 24.8 Å². The summed E-state index contributed by atoms with van der Waals surface area (Å²) in [7, 11) is 0. The Morgan fingerprint density at radius 1 is 1.26 bits per heavy atom. The van der Waals surface area contributed by atoms with Gasteiger partial charge in [0.25, 0.3) is 0 Å². The summed E-state index contributed by atoms with van der Waals surface area (Å²) in [6.07, 6.45) is 0.498. The van der Waals surface area contributed by atoms with Gasteiger partial charge in [0, 0.05) is 26.1 Å². The molecular weight excluding hydrogens is 348 g/mol. The van der Waals surface area contributed by atoms with Crippen LogP contribution in [0.1, 0.15) is 20.3 Å². The summed E-state index contributed by atoms with van der Waals surface area (Å²) in [6.45, 7) is 5.35. The molecular formula is C19H26N4O4. The minimum atomic E-state index is -0.429. The van der Waals surface area contributed by atoms with Crippen molar-refractivity contribution in [3.63, 3.8) is 0 Å². The van der Waals surface area contributed by atoms with Gasteiger partial charge < -0.3 is 20.3 Å². The lowest BCUT2D eigenvalue weighted by molar-refractivity contribution is -0.127.